The van der Waals surface area contributed by atoms with E-state index in [0.717, 1.165) is 12.8 Å². The first-order valence-corrected chi connectivity index (χ1v) is 7.47. The summed E-state index contributed by atoms with van der Waals surface area (Å²) in [6.07, 6.45) is 7.87. The highest BCUT2D eigenvalue weighted by Gasteiger charge is 2.39. The van der Waals surface area contributed by atoms with Gasteiger partial charge in [0.15, 0.2) is 5.78 Å². The molecule has 1 aliphatic carbocycles. The zero-order chi connectivity index (χ0) is 12.8. The van der Waals surface area contributed by atoms with E-state index in [1.807, 2.05) is 18.2 Å². The summed E-state index contributed by atoms with van der Waals surface area (Å²) in [6.45, 7) is 3.70. The van der Waals surface area contributed by atoms with Gasteiger partial charge in [-0.15, -0.1) is 18.3 Å². The van der Waals surface area contributed by atoms with Crippen LogP contribution in [0.25, 0.3) is 0 Å². The normalized spacial score (nSPS) is 18.2. The summed E-state index contributed by atoms with van der Waals surface area (Å²) < 4.78 is -0.201. The number of rotatable bonds is 5. The molecule has 0 N–H and O–H groups in total. The maximum absolute atomic E-state index is 12.4. The van der Waals surface area contributed by atoms with Gasteiger partial charge in [0, 0.05) is 11.3 Å². The number of Topliss-reactive ketones (excluding diaryl/α,β-unsaturated/α-hetero) is 1. The number of hydrogen-bond donors (Lipinski definition) is 0. The first kappa shape index (κ1) is 13.4. The molecule has 96 valence electrons. The third-order valence-corrected chi connectivity index (χ3v) is 5.09. The van der Waals surface area contributed by atoms with E-state index in [-0.39, 0.29) is 4.75 Å². The zero-order valence-electron chi connectivity index (χ0n) is 10.7. The van der Waals surface area contributed by atoms with Crippen molar-refractivity contribution in [1.29, 1.82) is 0 Å². The van der Waals surface area contributed by atoms with Gasteiger partial charge in [0.2, 0.25) is 0 Å². The Morgan fingerprint density at radius 2 is 1.89 bits per heavy atom. The molecule has 0 aromatic heterocycles. The zero-order valence-corrected chi connectivity index (χ0v) is 11.5. The Kier molecular flexibility index (Phi) is 4.65. The van der Waals surface area contributed by atoms with Gasteiger partial charge >= 0.3 is 0 Å². The maximum atomic E-state index is 12.4. The Bertz CT molecular complexity index is 404. The highest BCUT2D eigenvalue weighted by molar-refractivity contribution is 8.01. The minimum absolute atomic E-state index is 0.201. The second kappa shape index (κ2) is 6.24. The molecule has 0 aliphatic heterocycles. The lowest BCUT2D eigenvalue weighted by Crippen LogP contribution is -2.37. The van der Waals surface area contributed by atoms with Crippen LogP contribution in [0.5, 0.6) is 0 Å². The molecule has 0 spiro atoms. The van der Waals surface area contributed by atoms with Crippen LogP contribution in [-0.2, 0) is 4.79 Å². The first-order valence-electron chi connectivity index (χ1n) is 6.65. The van der Waals surface area contributed by atoms with Crippen LogP contribution in [0.3, 0.4) is 0 Å². The lowest BCUT2D eigenvalue weighted by Gasteiger charge is -2.35. The summed E-state index contributed by atoms with van der Waals surface area (Å²) in [4.78, 5) is 13.6. The molecule has 1 fully saturated rings. The molecule has 2 rings (SSSR count). The Balaban J connectivity index is 2.19. The number of thioether (sulfide) groups is 1. The van der Waals surface area contributed by atoms with Crippen LogP contribution in [0.4, 0.5) is 0 Å². The summed E-state index contributed by atoms with van der Waals surface area (Å²) in [5, 5.41) is 0. The molecule has 0 radical (unpaired) electrons. The molecule has 1 aromatic rings. The van der Waals surface area contributed by atoms with E-state index < -0.39 is 0 Å². The van der Waals surface area contributed by atoms with Crippen LogP contribution in [0, 0.1) is 0 Å². The topological polar surface area (TPSA) is 17.1 Å². The molecule has 0 unspecified atom stereocenters. The van der Waals surface area contributed by atoms with Gasteiger partial charge in [0.1, 0.15) is 0 Å². The van der Waals surface area contributed by atoms with Crippen LogP contribution < -0.4 is 0 Å². The smallest absolute Gasteiger partial charge is 0.152 e. The molecule has 1 aliphatic rings. The predicted molar refractivity (Wildman–Crippen MR) is 77.9 cm³/mol. The fourth-order valence-electron chi connectivity index (χ4n) is 2.59. The Morgan fingerprint density at radius 3 is 2.50 bits per heavy atom. The molecule has 0 heterocycles. The lowest BCUT2D eigenvalue weighted by molar-refractivity contribution is -0.121. The summed E-state index contributed by atoms with van der Waals surface area (Å²) in [5.41, 5.74) is 0. The van der Waals surface area contributed by atoms with E-state index in [1.165, 1.54) is 24.2 Å². The van der Waals surface area contributed by atoms with Crippen molar-refractivity contribution in [3.63, 3.8) is 0 Å². The average molecular weight is 260 g/mol. The highest BCUT2D eigenvalue weighted by atomic mass is 32.2. The molecule has 0 amide bonds. The third kappa shape index (κ3) is 3.05. The molecular formula is C16H20OS. The van der Waals surface area contributed by atoms with Crippen molar-refractivity contribution in [2.24, 2.45) is 0 Å². The van der Waals surface area contributed by atoms with Crippen molar-refractivity contribution in [3.05, 3.63) is 43.0 Å². The van der Waals surface area contributed by atoms with Crippen molar-refractivity contribution >= 4 is 17.5 Å². The van der Waals surface area contributed by atoms with E-state index in [9.17, 15) is 4.79 Å². The van der Waals surface area contributed by atoms with E-state index >= 15 is 0 Å². The number of ketones is 1. The molecule has 0 bridgehead atoms. The van der Waals surface area contributed by atoms with Gasteiger partial charge in [0.05, 0.1) is 4.75 Å². The third-order valence-electron chi connectivity index (χ3n) is 3.56. The van der Waals surface area contributed by atoms with Crippen LogP contribution in [0.2, 0.25) is 0 Å². The van der Waals surface area contributed by atoms with Gasteiger partial charge in [-0.1, -0.05) is 43.5 Å². The number of hydrogen-bond acceptors (Lipinski definition) is 2. The van der Waals surface area contributed by atoms with Crippen molar-refractivity contribution in [2.75, 3.05) is 0 Å². The van der Waals surface area contributed by atoms with Gasteiger partial charge in [0.25, 0.3) is 0 Å². The second-order valence-electron chi connectivity index (χ2n) is 4.89. The second-order valence-corrected chi connectivity index (χ2v) is 6.34. The van der Waals surface area contributed by atoms with Gasteiger partial charge in [-0.3, -0.25) is 4.79 Å². The van der Waals surface area contributed by atoms with Crippen LogP contribution in [0.1, 0.15) is 38.5 Å². The molecule has 1 saturated carbocycles. The van der Waals surface area contributed by atoms with Gasteiger partial charge < -0.3 is 0 Å². The maximum Gasteiger partial charge on any atom is 0.152 e. The van der Waals surface area contributed by atoms with E-state index in [2.05, 4.69) is 18.7 Å². The number of benzene rings is 1. The van der Waals surface area contributed by atoms with E-state index in [4.69, 9.17) is 0 Å². The van der Waals surface area contributed by atoms with Crippen LogP contribution in [0.15, 0.2) is 47.9 Å². The minimum Gasteiger partial charge on any atom is -0.298 e. The fraction of sp³-hybridized carbons (Fsp3) is 0.438. The Hall–Kier alpha value is -1.02. The summed E-state index contributed by atoms with van der Waals surface area (Å²) in [6, 6.07) is 10.3. The molecule has 1 aromatic carbocycles. The summed E-state index contributed by atoms with van der Waals surface area (Å²) in [5.74, 6) is 0.353. The van der Waals surface area contributed by atoms with Crippen molar-refractivity contribution in [3.8, 4) is 0 Å². The Morgan fingerprint density at radius 1 is 1.22 bits per heavy atom. The Labute approximate surface area is 114 Å². The lowest BCUT2D eigenvalue weighted by atomic mass is 9.84. The average Bonchev–Trinajstić information content (AvgIpc) is 2.41. The molecule has 18 heavy (non-hydrogen) atoms. The number of carbonyl (C=O) groups is 1. The van der Waals surface area contributed by atoms with E-state index in [1.54, 1.807) is 17.8 Å². The van der Waals surface area contributed by atoms with Gasteiger partial charge in [-0.25, -0.2) is 0 Å². The monoisotopic (exact) mass is 260 g/mol. The molecule has 1 nitrogen and oxygen atoms in total. The molecule has 0 atom stereocenters. The molecule has 0 saturated heterocycles. The SMILES string of the molecule is C=CCC(=O)C1(Sc2ccccc2)CCCCC1. The van der Waals surface area contributed by atoms with Gasteiger partial charge in [-0.2, -0.15) is 0 Å². The molecule has 2 heteroatoms. The molecular weight excluding hydrogens is 240 g/mol. The van der Waals surface area contributed by atoms with Crippen molar-refractivity contribution in [2.45, 2.75) is 48.2 Å². The number of allylic oxidation sites excluding steroid dienone is 1. The van der Waals surface area contributed by atoms with Crippen molar-refractivity contribution < 1.29 is 4.79 Å². The highest BCUT2D eigenvalue weighted by Crippen LogP contribution is 2.45. The quantitative estimate of drug-likeness (QED) is 0.718. The largest absolute Gasteiger partial charge is 0.298 e. The minimum atomic E-state index is -0.201. The fourth-order valence-corrected chi connectivity index (χ4v) is 4.03. The standard InChI is InChI=1S/C16H20OS/c1-2-9-15(17)16(12-7-4-8-13-16)18-14-10-5-3-6-11-14/h2-3,5-6,10-11H,1,4,7-9,12-13H2. The van der Waals surface area contributed by atoms with Gasteiger partial charge in [-0.05, 0) is 25.0 Å². The first-order chi connectivity index (χ1) is 8.77. The van der Waals surface area contributed by atoms with E-state index in [0.29, 0.717) is 12.2 Å². The summed E-state index contributed by atoms with van der Waals surface area (Å²) >= 11 is 1.76. The predicted octanol–water partition coefficient (Wildman–Crippen LogP) is 4.63. The van der Waals surface area contributed by atoms with Crippen LogP contribution >= 0.6 is 11.8 Å². The van der Waals surface area contributed by atoms with Crippen LogP contribution in [-0.4, -0.2) is 10.5 Å². The van der Waals surface area contributed by atoms with Crippen molar-refractivity contribution in [1.82, 2.24) is 0 Å². The number of carbonyl (C=O) groups excluding carboxylic acids is 1. The summed E-state index contributed by atoms with van der Waals surface area (Å²) in [7, 11) is 0.